The van der Waals surface area contributed by atoms with Crippen molar-refractivity contribution < 1.29 is 22.0 Å². The molecule has 2 aliphatic heterocycles. The first-order chi connectivity index (χ1) is 21.7. The molecule has 0 spiro atoms. The Balaban J connectivity index is 1.21. The van der Waals surface area contributed by atoms with E-state index in [-0.39, 0.29) is 23.8 Å². The van der Waals surface area contributed by atoms with Crippen molar-refractivity contribution in [2.45, 2.75) is 30.3 Å². The van der Waals surface area contributed by atoms with Crippen molar-refractivity contribution in [1.29, 1.82) is 0 Å². The molecule has 13 heteroatoms. The fourth-order valence-corrected chi connectivity index (χ4v) is 7.59. The quantitative estimate of drug-likeness (QED) is 0.290. The molecule has 3 aromatic carbocycles. The van der Waals surface area contributed by atoms with Crippen molar-refractivity contribution in [2.24, 2.45) is 0 Å². The number of carbonyl (C=O) groups excluding carboxylic acids is 1. The van der Waals surface area contributed by atoms with E-state index in [2.05, 4.69) is 5.32 Å². The molecule has 3 heterocycles. The standard InChI is InChI=1S/C32H31ClF2N6O3S/c33-26-7-2-1-6-25(26)28-20-23(37-32(38-28)40-18-16-39(17-19-40)29-9-4-3-8-27(29)35)21-36-31(42)30-10-5-15-41(30)45(43,44)24-13-11-22(34)12-14-24/h1-4,6-9,11-14,20,30H,5,10,15-19,21H2,(H,36,42)/t30-/m0/s1. The number of nitrogens with zero attached hydrogens (tertiary/aromatic N) is 5. The summed E-state index contributed by atoms with van der Waals surface area (Å²) in [5, 5.41) is 3.37. The van der Waals surface area contributed by atoms with Gasteiger partial charge in [0.1, 0.15) is 17.7 Å². The second kappa shape index (κ2) is 13.1. The lowest BCUT2D eigenvalue weighted by molar-refractivity contribution is -0.124. The van der Waals surface area contributed by atoms with Crippen LogP contribution in [0.1, 0.15) is 18.5 Å². The highest BCUT2D eigenvalue weighted by atomic mass is 35.5. The molecule has 4 aromatic rings. The number of benzene rings is 3. The number of hydrogen-bond donors (Lipinski definition) is 1. The number of halogens is 3. The number of sulfonamides is 1. The van der Waals surface area contributed by atoms with Crippen LogP contribution in [0.2, 0.25) is 5.02 Å². The summed E-state index contributed by atoms with van der Waals surface area (Å²) in [5.41, 5.74) is 2.35. The van der Waals surface area contributed by atoms with Gasteiger partial charge in [-0.3, -0.25) is 4.79 Å². The molecule has 2 fully saturated rings. The van der Waals surface area contributed by atoms with Gasteiger partial charge in [-0.05, 0) is 61.4 Å². The topological polar surface area (TPSA) is 98.7 Å². The van der Waals surface area contributed by atoms with E-state index in [0.717, 1.165) is 12.1 Å². The van der Waals surface area contributed by atoms with Crippen LogP contribution in [0.5, 0.6) is 0 Å². The third-order valence-electron chi connectivity index (χ3n) is 8.04. The normalized spacial score (nSPS) is 17.4. The monoisotopic (exact) mass is 652 g/mol. The third-order valence-corrected chi connectivity index (χ3v) is 10.3. The third kappa shape index (κ3) is 6.63. The van der Waals surface area contributed by atoms with Crippen LogP contribution in [-0.2, 0) is 21.4 Å². The smallest absolute Gasteiger partial charge is 0.243 e. The van der Waals surface area contributed by atoms with Crippen LogP contribution in [0.3, 0.4) is 0 Å². The molecule has 6 rings (SSSR count). The van der Waals surface area contributed by atoms with Crippen LogP contribution >= 0.6 is 11.6 Å². The average Bonchev–Trinajstić information content (AvgIpc) is 3.56. The van der Waals surface area contributed by atoms with Gasteiger partial charge in [0.15, 0.2) is 0 Å². The Kier molecular flexibility index (Phi) is 8.97. The van der Waals surface area contributed by atoms with E-state index >= 15 is 0 Å². The zero-order chi connectivity index (χ0) is 31.6. The Morgan fingerprint density at radius 2 is 1.58 bits per heavy atom. The van der Waals surface area contributed by atoms with Gasteiger partial charge in [-0.1, -0.05) is 41.9 Å². The lowest BCUT2D eigenvalue weighted by Gasteiger charge is -2.36. The number of rotatable bonds is 8. The zero-order valence-corrected chi connectivity index (χ0v) is 25.8. The van der Waals surface area contributed by atoms with Crippen molar-refractivity contribution in [1.82, 2.24) is 19.6 Å². The van der Waals surface area contributed by atoms with Gasteiger partial charge in [0, 0.05) is 43.3 Å². The van der Waals surface area contributed by atoms with Crippen LogP contribution in [0.25, 0.3) is 11.3 Å². The Labute approximate surface area is 265 Å². The summed E-state index contributed by atoms with van der Waals surface area (Å²) in [5.74, 6) is -0.813. The summed E-state index contributed by atoms with van der Waals surface area (Å²) in [6.07, 6.45) is 0.879. The van der Waals surface area contributed by atoms with Crippen molar-refractivity contribution in [3.63, 3.8) is 0 Å². The molecule has 0 bridgehead atoms. The predicted molar refractivity (Wildman–Crippen MR) is 168 cm³/mol. The maximum atomic E-state index is 14.4. The number of nitrogens with one attached hydrogen (secondary N) is 1. The molecular formula is C32H31ClF2N6O3S. The van der Waals surface area contributed by atoms with Gasteiger partial charge >= 0.3 is 0 Å². The maximum absolute atomic E-state index is 14.4. The van der Waals surface area contributed by atoms with E-state index in [0.29, 0.717) is 72.6 Å². The van der Waals surface area contributed by atoms with E-state index < -0.39 is 27.8 Å². The van der Waals surface area contributed by atoms with Crippen molar-refractivity contribution in [3.8, 4) is 11.3 Å². The first-order valence-electron chi connectivity index (χ1n) is 14.6. The summed E-state index contributed by atoms with van der Waals surface area (Å²) in [4.78, 5) is 26.8. The molecule has 0 unspecified atom stereocenters. The molecule has 1 aromatic heterocycles. The van der Waals surface area contributed by atoms with Gasteiger partial charge in [0.25, 0.3) is 0 Å². The number of para-hydroxylation sites is 1. The van der Waals surface area contributed by atoms with E-state index in [4.69, 9.17) is 21.6 Å². The second-order valence-electron chi connectivity index (χ2n) is 10.9. The molecule has 1 N–H and O–H groups in total. The van der Waals surface area contributed by atoms with Gasteiger partial charge in [-0.2, -0.15) is 4.31 Å². The second-order valence-corrected chi connectivity index (χ2v) is 13.2. The summed E-state index contributed by atoms with van der Waals surface area (Å²) in [6, 6.07) is 19.4. The first kappa shape index (κ1) is 30.9. The number of aromatic nitrogens is 2. The van der Waals surface area contributed by atoms with Crippen LogP contribution in [0.15, 0.2) is 83.8 Å². The number of amides is 1. The van der Waals surface area contributed by atoms with Crippen LogP contribution in [-0.4, -0.2) is 67.4 Å². The van der Waals surface area contributed by atoms with Gasteiger partial charge < -0.3 is 15.1 Å². The minimum Gasteiger partial charge on any atom is -0.366 e. The predicted octanol–water partition coefficient (Wildman–Crippen LogP) is 4.87. The number of carbonyl (C=O) groups is 1. The minimum atomic E-state index is -4.00. The summed E-state index contributed by atoms with van der Waals surface area (Å²) in [6.45, 7) is 2.43. The fraction of sp³-hybridized carbons (Fsp3) is 0.281. The highest BCUT2D eigenvalue weighted by Crippen LogP contribution is 2.30. The summed E-state index contributed by atoms with van der Waals surface area (Å²) in [7, 11) is -4.00. The highest BCUT2D eigenvalue weighted by Gasteiger charge is 2.39. The van der Waals surface area contributed by atoms with Crippen molar-refractivity contribution in [3.05, 3.63) is 101 Å². The van der Waals surface area contributed by atoms with E-state index in [1.54, 1.807) is 24.3 Å². The Hall–Kier alpha value is -4.13. The lowest BCUT2D eigenvalue weighted by Crippen LogP contribution is -2.47. The summed E-state index contributed by atoms with van der Waals surface area (Å²) >= 11 is 6.51. The van der Waals surface area contributed by atoms with E-state index in [1.165, 1.54) is 22.5 Å². The van der Waals surface area contributed by atoms with Crippen LogP contribution < -0.4 is 15.1 Å². The molecule has 45 heavy (non-hydrogen) atoms. The fourth-order valence-electron chi connectivity index (χ4n) is 5.71. The maximum Gasteiger partial charge on any atom is 0.243 e. The SMILES string of the molecule is O=C(NCc1cc(-c2ccccc2Cl)nc(N2CCN(c3ccccc3F)CC2)n1)[C@@H]1CCCN1S(=O)(=O)c1ccc(F)cc1. The van der Waals surface area contributed by atoms with E-state index in [1.807, 2.05) is 34.1 Å². The van der Waals surface area contributed by atoms with Crippen LogP contribution in [0, 0.1) is 11.6 Å². The number of piperazine rings is 1. The number of anilines is 2. The Bertz CT molecular complexity index is 1800. The van der Waals surface area contributed by atoms with Gasteiger partial charge in [0.2, 0.25) is 21.9 Å². The van der Waals surface area contributed by atoms with E-state index in [9.17, 15) is 22.0 Å². The molecule has 2 saturated heterocycles. The Morgan fingerprint density at radius 1 is 0.889 bits per heavy atom. The molecule has 9 nitrogen and oxygen atoms in total. The lowest BCUT2D eigenvalue weighted by atomic mass is 10.1. The molecular weight excluding hydrogens is 622 g/mol. The Morgan fingerprint density at radius 3 is 2.31 bits per heavy atom. The first-order valence-corrected chi connectivity index (χ1v) is 16.4. The highest BCUT2D eigenvalue weighted by molar-refractivity contribution is 7.89. The minimum absolute atomic E-state index is 0.0297. The van der Waals surface area contributed by atoms with Gasteiger partial charge in [-0.25, -0.2) is 27.2 Å². The van der Waals surface area contributed by atoms with Crippen molar-refractivity contribution >= 4 is 39.2 Å². The molecule has 0 radical (unpaired) electrons. The molecule has 234 valence electrons. The van der Waals surface area contributed by atoms with Gasteiger partial charge in [0.05, 0.1) is 28.5 Å². The zero-order valence-electron chi connectivity index (χ0n) is 24.2. The van der Waals surface area contributed by atoms with Crippen molar-refractivity contribution in [2.75, 3.05) is 42.5 Å². The largest absolute Gasteiger partial charge is 0.366 e. The average molecular weight is 653 g/mol. The molecule has 1 atom stereocenters. The summed E-state index contributed by atoms with van der Waals surface area (Å²) < 4.78 is 55.6. The number of hydrogen-bond acceptors (Lipinski definition) is 7. The van der Waals surface area contributed by atoms with Gasteiger partial charge in [-0.15, -0.1) is 0 Å². The molecule has 0 aliphatic carbocycles. The molecule has 1 amide bonds. The molecule has 2 aliphatic rings. The molecule has 0 saturated carbocycles. The van der Waals surface area contributed by atoms with Crippen LogP contribution in [0.4, 0.5) is 20.4 Å².